The van der Waals surface area contributed by atoms with Crippen molar-refractivity contribution in [3.05, 3.63) is 20.9 Å². The molecule has 0 amide bonds. The maximum atomic E-state index is 3.45. The summed E-state index contributed by atoms with van der Waals surface area (Å²) < 4.78 is 2.81. The van der Waals surface area contributed by atoms with Crippen molar-refractivity contribution in [1.29, 1.82) is 0 Å². The Morgan fingerprint density at radius 3 is 3.22 bits per heavy atom. The summed E-state index contributed by atoms with van der Waals surface area (Å²) in [5.74, 6) is 0. The van der Waals surface area contributed by atoms with Crippen LogP contribution in [0.4, 0.5) is 0 Å². The molecule has 46 valence electrons. The van der Waals surface area contributed by atoms with Crippen LogP contribution in [0.25, 0.3) is 8.96 Å². The van der Waals surface area contributed by atoms with Crippen molar-refractivity contribution < 1.29 is 0 Å². The van der Waals surface area contributed by atoms with Gasteiger partial charge in [-0.3, -0.25) is 0 Å². The zero-order valence-corrected chi connectivity index (χ0v) is 8.54. The van der Waals surface area contributed by atoms with Crippen LogP contribution in [0, 0.1) is 0 Å². The summed E-state index contributed by atoms with van der Waals surface area (Å²) in [4.78, 5) is 2.26. The van der Waals surface area contributed by atoms with Crippen molar-refractivity contribution in [3.8, 4) is 0 Å². The molecule has 0 saturated carbocycles. The molecule has 3 heteroatoms. The minimum atomic E-state index is 0.631. The summed E-state index contributed by atoms with van der Waals surface area (Å²) >= 11 is 5.94. The normalized spacial score (nSPS) is 10.8. The van der Waals surface area contributed by atoms with E-state index in [1.165, 1.54) is 9.17 Å². The first-order valence-electron chi connectivity index (χ1n) is 2.49. The molecule has 0 saturated heterocycles. The summed E-state index contributed by atoms with van der Waals surface area (Å²) in [6.07, 6.45) is 0. The van der Waals surface area contributed by atoms with E-state index in [-0.39, 0.29) is 0 Å². The van der Waals surface area contributed by atoms with Gasteiger partial charge < -0.3 is 0 Å². The van der Waals surface area contributed by atoms with Crippen molar-refractivity contribution in [2.45, 2.75) is 0 Å². The third kappa shape index (κ3) is 1.03. The van der Waals surface area contributed by atoms with Gasteiger partial charge in [-0.25, -0.2) is 0 Å². The Morgan fingerprint density at radius 2 is 2.44 bits per heavy atom. The van der Waals surface area contributed by atoms with Crippen LogP contribution in [-0.2, 0) is 0 Å². The third-order valence-corrected chi connectivity index (χ3v) is 5.11. The second-order valence-corrected chi connectivity index (χ2v) is 6.65. The molecule has 0 radical (unpaired) electrons. The predicted molar refractivity (Wildman–Crippen MR) is 46.5 cm³/mol. The molecule has 2 aromatic heterocycles. The van der Waals surface area contributed by atoms with Gasteiger partial charge in [0, 0.05) is 0 Å². The first-order chi connectivity index (χ1) is 4.36. The summed E-state index contributed by atoms with van der Waals surface area (Å²) in [6, 6.07) is 4.39. The minimum absolute atomic E-state index is 0.631. The van der Waals surface area contributed by atoms with Crippen LogP contribution in [0.1, 0.15) is 0 Å². The molecule has 0 aliphatic rings. The van der Waals surface area contributed by atoms with E-state index in [4.69, 9.17) is 0 Å². The summed E-state index contributed by atoms with van der Waals surface area (Å²) in [5.41, 5.74) is 0. The van der Waals surface area contributed by atoms with E-state index >= 15 is 0 Å². The number of fused-ring (bicyclic) bond motifs is 1. The number of hydrogen-bond donors (Lipinski definition) is 0. The van der Waals surface area contributed by atoms with Crippen molar-refractivity contribution in [1.82, 2.24) is 0 Å². The van der Waals surface area contributed by atoms with Gasteiger partial charge in [0.2, 0.25) is 0 Å². The Hall–Kier alpha value is 0.439. The number of rotatable bonds is 0. The molecule has 0 spiro atoms. The monoisotopic (exact) mass is 266 g/mol. The number of halogens is 1. The van der Waals surface area contributed by atoms with E-state index in [2.05, 4.69) is 33.0 Å². The molecule has 2 aromatic rings. The average molecular weight is 266 g/mol. The molecule has 0 aliphatic carbocycles. The molecule has 0 unspecified atom stereocenters. The van der Waals surface area contributed by atoms with Crippen LogP contribution < -0.4 is 0 Å². The Kier molecular flexibility index (Phi) is 1.54. The van der Waals surface area contributed by atoms with Gasteiger partial charge in [-0.15, -0.1) is 0 Å². The van der Waals surface area contributed by atoms with Crippen molar-refractivity contribution >= 4 is 50.7 Å². The molecule has 0 nitrogen and oxygen atoms in total. The van der Waals surface area contributed by atoms with E-state index in [1.54, 1.807) is 3.57 Å². The Morgan fingerprint density at radius 1 is 1.56 bits per heavy atom. The first kappa shape index (κ1) is 6.17. The predicted octanol–water partition coefficient (Wildman–Crippen LogP) is 2.72. The van der Waals surface area contributed by atoms with Crippen LogP contribution in [0.5, 0.6) is 0 Å². The van der Waals surface area contributed by atoms with Gasteiger partial charge in [-0.1, -0.05) is 0 Å². The standard InChI is InChI=1S/C6H3BrSSe/c7-5-3-4-1-2-9-6(4)8-5/h1-3H. The Balaban J connectivity index is 2.92. The van der Waals surface area contributed by atoms with Crippen LogP contribution in [0.2, 0.25) is 0 Å². The molecular weight excluding hydrogens is 263 g/mol. The summed E-state index contributed by atoms with van der Waals surface area (Å²) in [6.45, 7) is 0. The summed E-state index contributed by atoms with van der Waals surface area (Å²) in [5, 5.41) is 1.42. The molecule has 0 fully saturated rings. The molecular formula is C6H3BrSSe. The van der Waals surface area contributed by atoms with E-state index in [1.807, 2.05) is 11.3 Å². The van der Waals surface area contributed by atoms with Gasteiger partial charge in [-0.2, -0.15) is 0 Å². The number of thiophene rings is 1. The van der Waals surface area contributed by atoms with Crippen LogP contribution in [0.15, 0.2) is 20.9 Å². The zero-order valence-electron chi connectivity index (χ0n) is 4.43. The van der Waals surface area contributed by atoms with E-state index in [0.717, 1.165) is 0 Å². The van der Waals surface area contributed by atoms with Gasteiger partial charge >= 0.3 is 71.6 Å². The fourth-order valence-electron chi connectivity index (χ4n) is 0.736. The van der Waals surface area contributed by atoms with Crippen molar-refractivity contribution in [2.24, 2.45) is 0 Å². The quantitative estimate of drug-likeness (QED) is 0.643. The van der Waals surface area contributed by atoms with Gasteiger partial charge in [0.25, 0.3) is 0 Å². The van der Waals surface area contributed by atoms with E-state index in [9.17, 15) is 0 Å². The van der Waals surface area contributed by atoms with Crippen LogP contribution in [-0.4, -0.2) is 14.5 Å². The molecule has 0 N–H and O–H groups in total. The van der Waals surface area contributed by atoms with Gasteiger partial charge in [0.1, 0.15) is 0 Å². The molecule has 0 bridgehead atoms. The van der Waals surface area contributed by atoms with Crippen molar-refractivity contribution in [2.75, 3.05) is 0 Å². The Labute approximate surface area is 71.4 Å². The molecule has 2 heterocycles. The molecule has 0 aromatic carbocycles. The molecule has 0 atom stereocenters. The number of hydrogen-bond acceptors (Lipinski definition) is 1. The average Bonchev–Trinajstić information content (AvgIpc) is 2.22. The van der Waals surface area contributed by atoms with Crippen molar-refractivity contribution in [3.63, 3.8) is 0 Å². The molecule has 9 heavy (non-hydrogen) atoms. The fraction of sp³-hybridized carbons (Fsp3) is 0. The van der Waals surface area contributed by atoms with Gasteiger partial charge in [-0.05, 0) is 0 Å². The van der Waals surface area contributed by atoms with Crippen LogP contribution >= 0.6 is 27.3 Å². The SMILES string of the molecule is Brc1cc2cc[se]c2s1. The third-order valence-electron chi connectivity index (χ3n) is 1.12. The summed E-state index contributed by atoms with van der Waals surface area (Å²) in [7, 11) is 0. The van der Waals surface area contributed by atoms with Crippen LogP contribution in [0.3, 0.4) is 0 Å². The topological polar surface area (TPSA) is 0 Å². The Bertz CT molecular complexity index is 294. The van der Waals surface area contributed by atoms with Gasteiger partial charge in [0.15, 0.2) is 0 Å². The zero-order chi connectivity index (χ0) is 6.27. The molecule has 0 aliphatic heterocycles. The van der Waals surface area contributed by atoms with E-state index < -0.39 is 0 Å². The maximum absolute atomic E-state index is 3.45. The second kappa shape index (κ2) is 2.24. The van der Waals surface area contributed by atoms with Gasteiger partial charge in [0.05, 0.1) is 0 Å². The first-order valence-corrected chi connectivity index (χ1v) is 5.94. The van der Waals surface area contributed by atoms with E-state index in [0.29, 0.717) is 14.5 Å². The second-order valence-electron chi connectivity index (χ2n) is 1.71. The fourth-order valence-corrected chi connectivity index (χ4v) is 5.27. The molecule has 2 rings (SSSR count).